The van der Waals surface area contributed by atoms with Crippen LogP contribution >= 0.6 is 23.4 Å². The Kier molecular flexibility index (Phi) is 8.53. The van der Waals surface area contributed by atoms with Crippen molar-refractivity contribution in [1.82, 2.24) is 4.90 Å². The fourth-order valence-corrected chi connectivity index (χ4v) is 4.60. The van der Waals surface area contributed by atoms with Gasteiger partial charge in [-0.25, -0.2) is 0 Å². The number of benzene rings is 3. The lowest BCUT2D eigenvalue weighted by molar-refractivity contribution is -0.123. The van der Waals surface area contributed by atoms with Gasteiger partial charge < -0.3 is 14.8 Å². The van der Waals surface area contributed by atoms with Crippen molar-refractivity contribution in [3.8, 4) is 11.5 Å². The number of anilines is 1. The molecule has 1 fully saturated rings. The number of nitrogens with one attached hydrogen (secondary N) is 1. The average Bonchev–Trinajstić information content (AvgIpc) is 3.12. The molecule has 9 heteroatoms. The number of thioether (sulfide) groups is 1. The highest BCUT2D eigenvalue weighted by Gasteiger charge is 2.35. The van der Waals surface area contributed by atoms with Crippen LogP contribution in [0.1, 0.15) is 23.6 Å². The van der Waals surface area contributed by atoms with Crippen LogP contribution in [0, 0.1) is 6.92 Å². The van der Waals surface area contributed by atoms with Gasteiger partial charge in [-0.05, 0) is 73.1 Å². The minimum atomic E-state index is -0.351. The molecule has 0 radical (unpaired) electrons. The maximum absolute atomic E-state index is 12.9. The summed E-state index contributed by atoms with van der Waals surface area (Å²) in [6.07, 6.45) is 1.65. The van der Waals surface area contributed by atoms with Crippen LogP contribution in [0.2, 0.25) is 5.02 Å². The number of nitrogens with zero attached hydrogens (tertiary/aromatic N) is 1. The Balaban J connectivity index is 1.44. The third kappa shape index (κ3) is 6.93. The van der Waals surface area contributed by atoms with Crippen LogP contribution in [-0.4, -0.2) is 35.2 Å². The molecule has 37 heavy (non-hydrogen) atoms. The predicted octanol–water partition coefficient (Wildman–Crippen LogP) is 6.30. The molecule has 7 nitrogen and oxygen atoms in total. The van der Waals surface area contributed by atoms with Crippen LogP contribution in [-0.2, 0) is 16.1 Å². The van der Waals surface area contributed by atoms with Crippen molar-refractivity contribution in [1.29, 1.82) is 0 Å². The van der Waals surface area contributed by atoms with Crippen molar-refractivity contribution < 1.29 is 23.9 Å². The van der Waals surface area contributed by atoms with Gasteiger partial charge in [0.1, 0.15) is 0 Å². The second-order valence-electron chi connectivity index (χ2n) is 8.24. The standard InChI is InChI=1S/C28H25ClN2O5S/c1-3-35-24-13-20(11-12-23(24)36-17-26(32)30-22-6-4-5-21(29)15-22)14-25-27(33)31(28(34)37-25)16-19-9-7-18(2)8-10-19/h4-15H,3,16-17H2,1-2H3,(H,30,32)/b25-14-. The molecule has 1 saturated heterocycles. The van der Waals surface area contributed by atoms with Crippen LogP contribution in [0.25, 0.3) is 6.08 Å². The molecule has 0 unspecified atom stereocenters. The summed E-state index contributed by atoms with van der Waals surface area (Å²) in [5, 5.41) is 2.92. The first-order valence-corrected chi connectivity index (χ1v) is 12.8. The zero-order valence-corrected chi connectivity index (χ0v) is 21.9. The summed E-state index contributed by atoms with van der Waals surface area (Å²) in [6.45, 7) is 4.18. The van der Waals surface area contributed by atoms with Crippen molar-refractivity contribution in [2.24, 2.45) is 0 Å². The van der Waals surface area contributed by atoms with Gasteiger partial charge in [-0.2, -0.15) is 0 Å². The number of rotatable bonds is 9. The van der Waals surface area contributed by atoms with Gasteiger partial charge >= 0.3 is 0 Å². The zero-order chi connectivity index (χ0) is 26.4. The topological polar surface area (TPSA) is 84.9 Å². The van der Waals surface area contributed by atoms with E-state index < -0.39 is 0 Å². The molecule has 0 spiro atoms. The summed E-state index contributed by atoms with van der Waals surface area (Å²) in [4.78, 5) is 39.3. The second kappa shape index (κ2) is 12.0. The van der Waals surface area contributed by atoms with Crippen molar-refractivity contribution >= 4 is 52.2 Å². The van der Waals surface area contributed by atoms with E-state index in [1.165, 1.54) is 4.90 Å². The largest absolute Gasteiger partial charge is 0.490 e. The van der Waals surface area contributed by atoms with Gasteiger partial charge in [0.25, 0.3) is 17.1 Å². The van der Waals surface area contributed by atoms with Crippen molar-refractivity contribution in [2.75, 3.05) is 18.5 Å². The zero-order valence-electron chi connectivity index (χ0n) is 20.3. The van der Waals surface area contributed by atoms with Gasteiger partial charge in [0.15, 0.2) is 18.1 Å². The maximum Gasteiger partial charge on any atom is 0.293 e. The number of amides is 3. The molecule has 0 aliphatic carbocycles. The van der Waals surface area contributed by atoms with Gasteiger partial charge in [-0.3, -0.25) is 19.3 Å². The smallest absolute Gasteiger partial charge is 0.293 e. The number of carbonyl (C=O) groups excluding carboxylic acids is 3. The van der Waals surface area contributed by atoms with Crippen molar-refractivity contribution in [3.05, 3.63) is 93.3 Å². The molecule has 1 N–H and O–H groups in total. The second-order valence-corrected chi connectivity index (χ2v) is 9.67. The molecule has 0 bridgehead atoms. The lowest BCUT2D eigenvalue weighted by Gasteiger charge is -2.13. The van der Waals surface area contributed by atoms with Gasteiger partial charge in [-0.1, -0.05) is 53.6 Å². The molecule has 3 aromatic rings. The summed E-state index contributed by atoms with van der Waals surface area (Å²) in [6, 6.07) is 19.6. The van der Waals surface area contributed by atoms with E-state index in [2.05, 4.69) is 5.32 Å². The van der Waals surface area contributed by atoms with E-state index in [0.29, 0.717) is 39.3 Å². The highest BCUT2D eigenvalue weighted by atomic mass is 35.5. The molecule has 1 aliphatic rings. The Labute approximate surface area is 224 Å². The highest BCUT2D eigenvalue weighted by molar-refractivity contribution is 8.18. The number of carbonyl (C=O) groups is 3. The number of hydrogen-bond acceptors (Lipinski definition) is 6. The van der Waals surface area contributed by atoms with Crippen LogP contribution in [0.3, 0.4) is 0 Å². The van der Waals surface area contributed by atoms with Crippen LogP contribution < -0.4 is 14.8 Å². The number of aryl methyl sites for hydroxylation is 1. The third-order valence-corrected chi connectivity index (χ3v) is 6.51. The van der Waals surface area contributed by atoms with E-state index in [1.54, 1.807) is 48.5 Å². The molecule has 190 valence electrons. The summed E-state index contributed by atoms with van der Waals surface area (Å²) in [7, 11) is 0. The first kappa shape index (κ1) is 26.3. The molecular weight excluding hydrogens is 512 g/mol. The minimum absolute atomic E-state index is 0.219. The molecule has 0 saturated carbocycles. The fraction of sp³-hybridized carbons (Fsp3) is 0.179. The Morgan fingerprint density at radius 3 is 2.54 bits per heavy atom. The monoisotopic (exact) mass is 536 g/mol. The lowest BCUT2D eigenvalue weighted by Crippen LogP contribution is -2.27. The summed E-state index contributed by atoms with van der Waals surface area (Å²) in [5.74, 6) is 0.112. The van der Waals surface area contributed by atoms with Crippen LogP contribution in [0.15, 0.2) is 71.6 Å². The highest BCUT2D eigenvalue weighted by Crippen LogP contribution is 2.35. The molecule has 0 atom stereocenters. The summed E-state index contributed by atoms with van der Waals surface area (Å²) >= 11 is 6.85. The molecule has 1 aliphatic heterocycles. The molecule has 3 aromatic carbocycles. The fourth-order valence-electron chi connectivity index (χ4n) is 3.57. The van der Waals surface area contributed by atoms with Crippen molar-refractivity contribution in [3.63, 3.8) is 0 Å². The summed E-state index contributed by atoms with van der Waals surface area (Å²) in [5.41, 5.74) is 3.23. The molecule has 0 aromatic heterocycles. The molecule has 3 amide bonds. The Morgan fingerprint density at radius 1 is 1.03 bits per heavy atom. The van der Waals surface area contributed by atoms with Gasteiger partial charge in [0.05, 0.1) is 18.1 Å². The predicted molar refractivity (Wildman–Crippen MR) is 146 cm³/mol. The molecular formula is C28H25ClN2O5S. The molecule has 1 heterocycles. The average molecular weight is 537 g/mol. The maximum atomic E-state index is 12.9. The number of halogens is 1. The minimum Gasteiger partial charge on any atom is -0.490 e. The Bertz CT molecular complexity index is 1360. The third-order valence-electron chi connectivity index (χ3n) is 5.37. The quantitative estimate of drug-likeness (QED) is 0.323. The van der Waals surface area contributed by atoms with Crippen LogP contribution in [0.4, 0.5) is 10.5 Å². The number of ether oxygens (including phenoxy) is 2. The Morgan fingerprint density at radius 2 is 1.81 bits per heavy atom. The Hall–Kier alpha value is -3.75. The molecule has 4 rings (SSSR count). The number of hydrogen-bond donors (Lipinski definition) is 1. The van der Waals surface area contributed by atoms with E-state index >= 15 is 0 Å². The lowest BCUT2D eigenvalue weighted by atomic mass is 10.1. The first-order valence-electron chi connectivity index (χ1n) is 11.6. The van der Waals surface area contributed by atoms with E-state index in [4.69, 9.17) is 21.1 Å². The van der Waals surface area contributed by atoms with Crippen LogP contribution in [0.5, 0.6) is 11.5 Å². The van der Waals surface area contributed by atoms with E-state index in [-0.39, 0.29) is 30.2 Å². The van der Waals surface area contributed by atoms with Gasteiger partial charge in [0.2, 0.25) is 0 Å². The van der Waals surface area contributed by atoms with Crippen molar-refractivity contribution in [2.45, 2.75) is 20.4 Å². The normalized spacial score (nSPS) is 14.2. The summed E-state index contributed by atoms with van der Waals surface area (Å²) < 4.78 is 11.4. The number of imide groups is 1. The van der Waals surface area contributed by atoms with E-state index in [1.807, 2.05) is 38.1 Å². The van der Waals surface area contributed by atoms with Gasteiger partial charge in [-0.15, -0.1) is 0 Å². The SMILES string of the molecule is CCOc1cc(/C=C2\SC(=O)N(Cc3ccc(C)cc3)C2=O)ccc1OCC(=O)Nc1cccc(Cl)c1. The van der Waals surface area contributed by atoms with Gasteiger partial charge in [0, 0.05) is 10.7 Å². The first-order chi connectivity index (χ1) is 17.8. The van der Waals surface area contributed by atoms with E-state index in [9.17, 15) is 14.4 Å². The van der Waals surface area contributed by atoms with E-state index in [0.717, 1.165) is 22.9 Å².